The zero-order valence-corrected chi connectivity index (χ0v) is 19.0. The van der Waals surface area contributed by atoms with Gasteiger partial charge in [-0.15, -0.1) is 0 Å². The number of benzene rings is 2. The Morgan fingerprint density at radius 2 is 1.63 bits per heavy atom. The number of urea groups is 1. The Labute approximate surface area is 188 Å². The van der Waals surface area contributed by atoms with Crippen LogP contribution in [0.5, 0.6) is 0 Å². The quantitative estimate of drug-likeness (QED) is 0.371. The number of nitrogens with zero attached hydrogens (tertiary/aromatic N) is 2. The SMILES string of the molecule is Cc1cc(-n2c(C)cc(/C=C3/NC(=O)N(c4ccc(Cl)cc4)C3=O)c2C)ccc1Br. The summed E-state index contributed by atoms with van der Waals surface area (Å²) >= 11 is 9.45. The first-order valence-electron chi connectivity index (χ1n) is 9.34. The van der Waals surface area contributed by atoms with Gasteiger partial charge in [-0.3, -0.25) is 4.79 Å². The molecule has 4 rings (SSSR count). The van der Waals surface area contributed by atoms with Crippen LogP contribution < -0.4 is 10.2 Å². The maximum absolute atomic E-state index is 12.9. The monoisotopic (exact) mass is 483 g/mol. The summed E-state index contributed by atoms with van der Waals surface area (Å²) in [6.07, 6.45) is 1.72. The van der Waals surface area contributed by atoms with Crippen molar-refractivity contribution in [3.8, 4) is 5.69 Å². The molecule has 0 aliphatic carbocycles. The van der Waals surface area contributed by atoms with E-state index in [0.717, 1.165) is 37.6 Å². The number of imide groups is 1. The van der Waals surface area contributed by atoms with E-state index in [2.05, 4.69) is 31.9 Å². The topological polar surface area (TPSA) is 54.3 Å². The molecule has 2 aromatic carbocycles. The molecule has 0 atom stereocenters. The van der Waals surface area contributed by atoms with Crippen molar-refractivity contribution >= 4 is 51.2 Å². The van der Waals surface area contributed by atoms with E-state index >= 15 is 0 Å². The van der Waals surface area contributed by atoms with Gasteiger partial charge in [-0.05, 0) is 86.5 Å². The number of anilines is 1. The normalized spacial score (nSPS) is 15.2. The summed E-state index contributed by atoms with van der Waals surface area (Å²) in [6.45, 7) is 6.05. The summed E-state index contributed by atoms with van der Waals surface area (Å²) in [5.74, 6) is -0.397. The lowest BCUT2D eigenvalue weighted by Gasteiger charge is -2.11. The van der Waals surface area contributed by atoms with E-state index in [1.54, 1.807) is 30.3 Å². The first kappa shape index (κ1) is 20.4. The van der Waals surface area contributed by atoms with E-state index in [1.165, 1.54) is 0 Å². The maximum Gasteiger partial charge on any atom is 0.333 e. The number of hydrogen-bond donors (Lipinski definition) is 1. The van der Waals surface area contributed by atoms with Crippen molar-refractivity contribution in [3.05, 3.63) is 86.2 Å². The average Bonchev–Trinajstić information content (AvgIpc) is 3.13. The maximum atomic E-state index is 12.9. The van der Waals surface area contributed by atoms with E-state index in [1.807, 2.05) is 39.0 Å². The Hall–Kier alpha value is -2.83. The molecule has 0 unspecified atom stereocenters. The average molecular weight is 485 g/mol. The summed E-state index contributed by atoms with van der Waals surface area (Å²) < 4.78 is 3.18. The zero-order valence-electron chi connectivity index (χ0n) is 16.7. The molecule has 1 N–H and O–H groups in total. The zero-order chi connectivity index (χ0) is 21.6. The van der Waals surface area contributed by atoms with Gasteiger partial charge < -0.3 is 9.88 Å². The molecule has 1 fully saturated rings. The number of hydrogen-bond acceptors (Lipinski definition) is 2. The number of aromatic nitrogens is 1. The number of aryl methyl sites for hydroxylation is 2. The molecule has 2 heterocycles. The second kappa shape index (κ2) is 7.78. The van der Waals surface area contributed by atoms with Crippen molar-refractivity contribution in [2.45, 2.75) is 20.8 Å². The smallest absolute Gasteiger partial charge is 0.318 e. The van der Waals surface area contributed by atoms with E-state index in [4.69, 9.17) is 11.6 Å². The lowest BCUT2D eigenvalue weighted by atomic mass is 10.2. The van der Waals surface area contributed by atoms with Gasteiger partial charge in [-0.1, -0.05) is 27.5 Å². The lowest BCUT2D eigenvalue weighted by Crippen LogP contribution is -2.30. The molecule has 1 aliphatic rings. The van der Waals surface area contributed by atoms with Crippen LogP contribution in [0.25, 0.3) is 11.8 Å². The Morgan fingerprint density at radius 1 is 0.967 bits per heavy atom. The molecule has 5 nitrogen and oxygen atoms in total. The van der Waals surface area contributed by atoms with Crippen LogP contribution in [0.4, 0.5) is 10.5 Å². The third-order valence-electron chi connectivity index (χ3n) is 5.13. The Kier molecular flexibility index (Phi) is 5.30. The van der Waals surface area contributed by atoms with E-state index < -0.39 is 11.9 Å². The van der Waals surface area contributed by atoms with Gasteiger partial charge in [-0.2, -0.15) is 0 Å². The molecule has 3 aromatic rings. The predicted molar refractivity (Wildman–Crippen MR) is 123 cm³/mol. The molecule has 1 aliphatic heterocycles. The molecule has 0 radical (unpaired) electrons. The van der Waals surface area contributed by atoms with Crippen molar-refractivity contribution in [2.24, 2.45) is 0 Å². The number of amides is 3. The number of nitrogens with one attached hydrogen (secondary N) is 1. The molecule has 0 saturated carbocycles. The molecular weight excluding hydrogens is 466 g/mol. The van der Waals surface area contributed by atoms with Crippen LogP contribution in [0.1, 0.15) is 22.5 Å². The Morgan fingerprint density at radius 3 is 2.30 bits per heavy atom. The standard InChI is InChI=1S/C23H19BrClN3O2/c1-13-10-19(8-9-20(13)24)27-14(2)11-16(15(27)3)12-21-22(29)28(23(30)26-21)18-6-4-17(25)5-7-18/h4-12H,1-3H3,(H,26,30)/b21-12+. The fourth-order valence-corrected chi connectivity index (χ4v) is 3.99. The predicted octanol–water partition coefficient (Wildman–Crippen LogP) is 5.92. The van der Waals surface area contributed by atoms with Gasteiger partial charge in [-0.25, -0.2) is 9.69 Å². The molecule has 0 spiro atoms. The summed E-state index contributed by atoms with van der Waals surface area (Å²) in [5, 5.41) is 3.22. The van der Waals surface area contributed by atoms with E-state index in [9.17, 15) is 9.59 Å². The first-order valence-corrected chi connectivity index (χ1v) is 10.5. The minimum absolute atomic E-state index is 0.238. The van der Waals surface area contributed by atoms with Crippen LogP contribution in [0.15, 0.2) is 58.7 Å². The molecule has 0 bridgehead atoms. The highest BCUT2D eigenvalue weighted by Gasteiger charge is 2.35. The van der Waals surface area contributed by atoms with Crippen molar-refractivity contribution in [1.29, 1.82) is 0 Å². The largest absolute Gasteiger partial charge is 0.333 e. The third-order valence-corrected chi connectivity index (χ3v) is 6.27. The van der Waals surface area contributed by atoms with Crippen LogP contribution >= 0.6 is 27.5 Å². The van der Waals surface area contributed by atoms with Crippen molar-refractivity contribution in [3.63, 3.8) is 0 Å². The van der Waals surface area contributed by atoms with Gasteiger partial charge in [0.25, 0.3) is 5.91 Å². The number of carbonyl (C=O) groups is 2. The van der Waals surface area contributed by atoms with Gasteiger partial charge in [0.15, 0.2) is 0 Å². The van der Waals surface area contributed by atoms with Crippen LogP contribution in [-0.4, -0.2) is 16.5 Å². The summed E-state index contributed by atoms with van der Waals surface area (Å²) in [7, 11) is 0. The highest BCUT2D eigenvalue weighted by molar-refractivity contribution is 9.10. The van der Waals surface area contributed by atoms with E-state index in [0.29, 0.717) is 10.7 Å². The molecule has 152 valence electrons. The molecule has 30 heavy (non-hydrogen) atoms. The minimum atomic E-state index is -0.481. The summed E-state index contributed by atoms with van der Waals surface area (Å²) in [6, 6.07) is 14.3. The van der Waals surface area contributed by atoms with Crippen LogP contribution in [0, 0.1) is 20.8 Å². The number of rotatable bonds is 3. The Balaban J connectivity index is 1.70. The van der Waals surface area contributed by atoms with Crippen molar-refractivity contribution in [1.82, 2.24) is 9.88 Å². The van der Waals surface area contributed by atoms with E-state index in [-0.39, 0.29) is 5.70 Å². The van der Waals surface area contributed by atoms with Gasteiger partial charge in [0.05, 0.1) is 5.69 Å². The second-order valence-corrected chi connectivity index (χ2v) is 8.49. The minimum Gasteiger partial charge on any atom is -0.318 e. The van der Waals surface area contributed by atoms with Crippen LogP contribution in [0.2, 0.25) is 5.02 Å². The number of halogens is 2. The highest BCUT2D eigenvalue weighted by Crippen LogP contribution is 2.28. The molecule has 1 aromatic heterocycles. The van der Waals surface area contributed by atoms with Gasteiger partial charge in [0, 0.05) is 26.6 Å². The molecular formula is C23H19BrClN3O2. The van der Waals surface area contributed by atoms with Crippen molar-refractivity contribution in [2.75, 3.05) is 4.90 Å². The third kappa shape index (κ3) is 3.57. The van der Waals surface area contributed by atoms with Crippen LogP contribution in [0.3, 0.4) is 0 Å². The fourth-order valence-electron chi connectivity index (χ4n) is 3.61. The Bertz CT molecular complexity index is 1210. The lowest BCUT2D eigenvalue weighted by molar-refractivity contribution is -0.113. The number of carbonyl (C=O) groups excluding carboxylic acids is 2. The van der Waals surface area contributed by atoms with Gasteiger partial charge in [0.2, 0.25) is 0 Å². The molecule has 7 heteroatoms. The van der Waals surface area contributed by atoms with Crippen LogP contribution in [-0.2, 0) is 4.79 Å². The van der Waals surface area contributed by atoms with Gasteiger partial charge in [0.1, 0.15) is 5.70 Å². The fraction of sp³-hybridized carbons (Fsp3) is 0.130. The molecule has 3 amide bonds. The van der Waals surface area contributed by atoms with Gasteiger partial charge >= 0.3 is 6.03 Å². The second-order valence-electron chi connectivity index (χ2n) is 7.20. The first-order chi connectivity index (χ1) is 14.3. The highest BCUT2D eigenvalue weighted by atomic mass is 79.9. The van der Waals surface area contributed by atoms with Crippen molar-refractivity contribution < 1.29 is 9.59 Å². The summed E-state index contributed by atoms with van der Waals surface area (Å²) in [5.41, 5.74) is 5.77. The molecule has 1 saturated heterocycles. The summed E-state index contributed by atoms with van der Waals surface area (Å²) in [4.78, 5) is 26.4.